The maximum absolute atomic E-state index is 12.5. The molecule has 4 aromatic heterocycles. The van der Waals surface area contributed by atoms with E-state index in [1.54, 1.807) is 36.6 Å². The van der Waals surface area contributed by atoms with Crippen LogP contribution < -0.4 is 5.73 Å². The number of nitrogens with zero attached hydrogens (tertiary/aromatic N) is 6. The average molecular weight is 506 g/mol. The minimum Gasteiger partial charge on any atom is -0.461 e. The molecule has 11 heteroatoms. The van der Waals surface area contributed by atoms with Gasteiger partial charge >= 0.3 is 0 Å². The number of furan rings is 2. The van der Waals surface area contributed by atoms with Crippen LogP contribution in [0.15, 0.2) is 76.0 Å². The molecule has 1 aromatic carbocycles. The fourth-order valence-electron chi connectivity index (χ4n) is 4.30. The number of nitrogens with two attached hydrogens (primary N) is 1. The normalized spacial score (nSPS) is 14.2. The van der Waals surface area contributed by atoms with E-state index in [0.717, 1.165) is 36.5 Å². The Balaban J connectivity index is 0.00000267. The molecular weight excluding hydrogens is 482 g/mol. The highest BCUT2D eigenvalue weighted by molar-refractivity contribution is 5.91. The first-order chi connectivity index (χ1) is 17.1. The van der Waals surface area contributed by atoms with E-state index in [1.165, 1.54) is 10.8 Å². The van der Waals surface area contributed by atoms with Gasteiger partial charge in [-0.3, -0.25) is 9.69 Å². The number of nitrogen functional groups attached to an aromatic ring is 1. The van der Waals surface area contributed by atoms with Crippen molar-refractivity contribution < 1.29 is 13.6 Å². The number of carbonyl (C=O) groups is 1. The molecule has 1 fully saturated rings. The zero-order chi connectivity index (χ0) is 23.8. The van der Waals surface area contributed by atoms with Gasteiger partial charge in [-0.2, -0.15) is 9.50 Å². The Labute approximate surface area is 212 Å². The van der Waals surface area contributed by atoms with E-state index < -0.39 is 0 Å². The zero-order valence-electron chi connectivity index (χ0n) is 19.3. The molecule has 0 atom stereocenters. The van der Waals surface area contributed by atoms with Crippen molar-refractivity contribution in [1.82, 2.24) is 29.4 Å². The number of piperazine rings is 1. The molecule has 1 aliphatic heterocycles. The highest BCUT2D eigenvalue weighted by Crippen LogP contribution is 2.24. The first-order valence-electron chi connectivity index (χ1n) is 11.4. The number of rotatable bonds is 5. The van der Waals surface area contributed by atoms with Crippen LogP contribution in [0.25, 0.3) is 28.6 Å². The van der Waals surface area contributed by atoms with Crippen molar-refractivity contribution in [3.8, 4) is 22.8 Å². The Morgan fingerprint density at radius 3 is 2.50 bits per heavy atom. The van der Waals surface area contributed by atoms with Gasteiger partial charge in [0.05, 0.1) is 18.2 Å². The Kier molecular flexibility index (Phi) is 6.45. The van der Waals surface area contributed by atoms with Crippen LogP contribution in [0.5, 0.6) is 0 Å². The van der Waals surface area contributed by atoms with Crippen LogP contribution in [0, 0.1) is 0 Å². The van der Waals surface area contributed by atoms with Crippen molar-refractivity contribution in [1.29, 1.82) is 0 Å². The summed E-state index contributed by atoms with van der Waals surface area (Å²) >= 11 is 0. The number of anilines is 1. The van der Waals surface area contributed by atoms with E-state index in [-0.39, 0.29) is 18.3 Å². The Bertz CT molecular complexity index is 1470. The van der Waals surface area contributed by atoms with Crippen LogP contribution in [0.3, 0.4) is 0 Å². The lowest BCUT2D eigenvalue weighted by atomic mass is 10.1. The summed E-state index contributed by atoms with van der Waals surface area (Å²) in [4.78, 5) is 25.8. The summed E-state index contributed by atoms with van der Waals surface area (Å²) in [6.07, 6.45) is 3.10. The topological polar surface area (TPSA) is 119 Å². The van der Waals surface area contributed by atoms with Gasteiger partial charge in [0.15, 0.2) is 11.5 Å². The third-order valence-electron chi connectivity index (χ3n) is 6.10. The van der Waals surface area contributed by atoms with E-state index >= 15 is 0 Å². The van der Waals surface area contributed by atoms with Crippen molar-refractivity contribution in [3.63, 3.8) is 0 Å². The Hall–Kier alpha value is -4.15. The summed E-state index contributed by atoms with van der Waals surface area (Å²) in [7, 11) is 0. The summed E-state index contributed by atoms with van der Waals surface area (Å²) < 4.78 is 12.1. The first kappa shape index (κ1) is 23.6. The van der Waals surface area contributed by atoms with Crippen LogP contribution in [0.1, 0.15) is 16.1 Å². The second kappa shape index (κ2) is 9.84. The van der Waals surface area contributed by atoms with Crippen LogP contribution in [0.4, 0.5) is 5.82 Å². The van der Waals surface area contributed by atoms with Crippen molar-refractivity contribution in [2.45, 2.75) is 6.54 Å². The molecule has 0 unspecified atom stereocenters. The molecule has 0 spiro atoms. The van der Waals surface area contributed by atoms with Crippen molar-refractivity contribution in [2.24, 2.45) is 0 Å². The number of carbonyl (C=O) groups excluding carboxylic acids is 1. The SMILES string of the molecule is Cl.Nc1cc(-c2cccc(CN3CCN(C(=O)c4ccco4)CC3)c2)nc2nc(-c3ccco3)nn12. The molecule has 10 nitrogen and oxygen atoms in total. The van der Waals surface area contributed by atoms with Gasteiger partial charge in [-0.1, -0.05) is 18.2 Å². The molecule has 1 aliphatic rings. The fraction of sp³-hybridized carbons (Fsp3) is 0.200. The van der Waals surface area contributed by atoms with Crippen LogP contribution >= 0.6 is 12.4 Å². The largest absolute Gasteiger partial charge is 0.461 e. The predicted molar refractivity (Wildman–Crippen MR) is 135 cm³/mol. The lowest BCUT2D eigenvalue weighted by Crippen LogP contribution is -2.48. The van der Waals surface area contributed by atoms with Gasteiger partial charge in [0.2, 0.25) is 5.82 Å². The van der Waals surface area contributed by atoms with Crippen LogP contribution in [0.2, 0.25) is 0 Å². The number of fused-ring (bicyclic) bond motifs is 1. The van der Waals surface area contributed by atoms with Gasteiger partial charge in [-0.05, 0) is 35.9 Å². The van der Waals surface area contributed by atoms with E-state index in [0.29, 0.717) is 42.0 Å². The van der Waals surface area contributed by atoms with Gasteiger partial charge in [0.25, 0.3) is 11.7 Å². The van der Waals surface area contributed by atoms with E-state index in [2.05, 4.69) is 32.1 Å². The van der Waals surface area contributed by atoms with E-state index in [4.69, 9.17) is 14.6 Å². The summed E-state index contributed by atoms with van der Waals surface area (Å²) in [5, 5.41) is 4.40. The number of aromatic nitrogens is 4. The fourth-order valence-corrected chi connectivity index (χ4v) is 4.30. The van der Waals surface area contributed by atoms with Gasteiger partial charge in [-0.15, -0.1) is 17.5 Å². The lowest BCUT2D eigenvalue weighted by Gasteiger charge is -2.34. The second-order valence-electron chi connectivity index (χ2n) is 8.44. The van der Waals surface area contributed by atoms with E-state index in [9.17, 15) is 4.79 Å². The molecule has 0 bridgehead atoms. The monoisotopic (exact) mass is 505 g/mol. The van der Waals surface area contributed by atoms with Gasteiger partial charge in [-0.25, -0.2) is 4.98 Å². The molecule has 2 N–H and O–H groups in total. The van der Waals surface area contributed by atoms with Gasteiger partial charge < -0.3 is 19.5 Å². The summed E-state index contributed by atoms with van der Waals surface area (Å²) in [6, 6.07) is 17.0. The third kappa shape index (κ3) is 4.56. The smallest absolute Gasteiger partial charge is 0.289 e. The Morgan fingerprint density at radius 1 is 0.944 bits per heavy atom. The molecule has 0 aliphatic carbocycles. The van der Waals surface area contributed by atoms with Crippen LogP contribution in [-0.2, 0) is 6.54 Å². The molecular formula is C25H24ClN7O3. The Morgan fingerprint density at radius 2 is 1.75 bits per heavy atom. The minimum atomic E-state index is -0.0561. The molecule has 36 heavy (non-hydrogen) atoms. The lowest BCUT2D eigenvalue weighted by molar-refractivity contribution is 0.0598. The van der Waals surface area contributed by atoms with Crippen molar-refractivity contribution in [2.75, 3.05) is 31.9 Å². The highest BCUT2D eigenvalue weighted by atomic mass is 35.5. The minimum absolute atomic E-state index is 0. The standard InChI is InChI=1S/C25H23N7O3.ClH/c26-22-15-19(27-25-28-23(29-32(22)25)20-6-2-12-34-20)18-5-1-4-17(14-18)16-30-8-10-31(11-9-30)24(33)21-7-3-13-35-21;/h1-7,12-15H,8-11,16,26H2;1H. The average Bonchev–Trinajstić information content (AvgIpc) is 3.66. The summed E-state index contributed by atoms with van der Waals surface area (Å²) in [5.74, 6) is 2.18. The molecule has 6 rings (SSSR count). The number of benzene rings is 1. The summed E-state index contributed by atoms with van der Waals surface area (Å²) in [6.45, 7) is 3.70. The van der Waals surface area contributed by atoms with Crippen molar-refractivity contribution >= 4 is 29.9 Å². The number of hydrogen-bond donors (Lipinski definition) is 1. The molecule has 0 radical (unpaired) electrons. The molecule has 0 saturated carbocycles. The van der Waals surface area contributed by atoms with E-state index in [1.807, 2.05) is 17.0 Å². The molecule has 1 saturated heterocycles. The molecule has 5 aromatic rings. The maximum atomic E-state index is 12.5. The highest BCUT2D eigenvalue weighted by Gasteiger charge is 2.23. The number of hydrogen-bond acceptors (Lipinski definition) is 8. The molecule has 184 valence electrons. The number of amides is 1. The van der Waals surface area contributed by atoms with Gasteiger partial charge in [0, 0.05) is 44.4 Å². The summed E-state index contributed by atoms with van der Waals surface area (Å²) in [5.41, 5.74) is 9.10. The van der Waals surface area contributed by atoms with Crippen molar-refractivity contribution in [3.05, 3.63) is 78.4 Å². The zero-order valence-corrected chi connectivity index (χ0v) is 20.1. The predicted octanol–water partition coefficient (Wildman–Crippen LogP) is 3.61. The first-order valence-corrected chi connectivity index (χ1v) is 11.4. The van der Waals surface area contributed by atoms with Gasteiger partial charge in [0.1, 0.15) is 5.82 Å². The quantitative estimate of drug-likeness (QED) is 0.385. The molecule has 5 heterocycles. The maximum Gasteiger partial charge on any atom is 0.289 e. The molecule has 1 amide bonds. The second-order valence-corrected chi connectivity index (χ2v) is 8.44. The van der Waals surface area contributed by atoms with Crippen LogP contribution in [-0.4, -0.2) is 61.5 Å². The number of halogens is 1. The third-order valence-corrected chi connectivity index (χ3v) is 6.10.